The van der Waals surface area contributed by atoms with E-state index in [1.54, 1.807) is 6.92 Å². The number of aliphatic hydroxyl groups is 1. The van der Waals surface area contributed by atoms with Crippen LogP contribution in [0.1, 0.15) is 24.9 Å². The van der Waals surface area contributed by atoms with Crippen LogP contribution in [0.25, 0.3) is 0 Å². The molecule has 0 saturated carbocycles. The molecule has 7 heteroatoms. The number of nitrogens with one attached hydrogen (secondary N) is 2. The van der Waals surface area contributed by atoms with E-state index in [1.165, 1.54) is 12.1 Å². The van der Waals surface area contributed by atoms with Crippen LogP contribution >= 0.6 is 23.2 Å². The summed E-state index contributed by atoms with van der Waals surface area (Å²) in [4.78, 5) is 12.0. The van der Waals surface area contributed by atoms with E-state index in [-0.39, 0.29) is 10.9 Å². The maximum Gasteiger partial charge on any atom is 0.237 e. The fraction of sp³-hybridized carbons (Fsp3) is 0.462. The average molecular weight is 321 g/mol. The van der Waals surface area contributed by atoms with Gasteiger partial charge in [0.15, 0.2) is 0 Å². The SMILES string of the molecule is CC(NC(=O)C1CC(O)CN1)c1cc(F)c(Cl)cc1Cl. The Kier molecular flexibility index (Phi) is 4.86. The van der Waals surface area contributed by atoms with Crippen LogP contribution in [0.4, 0.5) is 4.39 Å². The van der Waals surface area contributed by atoms with Crippen molar-refractivity contribution in [2.75, 3.05) is 6.54 Å². The summed E-state index contributed by atoms with van der Waals surface area (Å²) in [6.45, 7) is 2.10. The van der Waals surface area contributed by atoms with Crippen molar-refractivity contribution in [2.24, 2.45) is 0 Å². The van der Waals surface area contributed by atoms with Crippen molar-refractivity contribution in [1.29, 1.82) is 0 Å². The summed E-state index contributed by atoms with van der Waals surface area (Å²) in [7, 11) is 0. The van der Waals surface area contributed by atoms with Crippen molar-refractivity contribution in [1.82, 2.24) is 10.6 Å². The molecule has 3 atom stereocenters. The standard InChI is InChI=1S/C13H15Cl2FN2O2/c1-6(8-3-11(16)10(15)4-9(8)14)18-13(20)12-2-7(19)5-17-12/h3-4,6-7,12,17,19H,2,5H2,1H3,(H,18,20). The molecule has 0 radical (unpaired) electrons. The van der Waals surface area contributed by atoms with Crippen LogP contribution in [0.15, 0.2) is 12.1 Å². The zero-order valence-corrected chi connectivity index (χ0v) is 12.3. The number of aliphatic hydroxyl groups excluding tert-OH is 1. The normalized spacial score (nSPS) is 23.6. The zero-order valence-electron chi connectivity index (χ0n) is 10.8. The highest BCUT2D eigenvalue weighted by Crippen LogP contribution is 2.28. The lowest BCUT2D eigenvalue weighted by molar-refractivity contribution is -0.123. The summed E-state index contributed by atoms with van der Waals surface area (Å²) in [6.07, 6.45) is -0.154. The Labute approximate surface area is 126 Å². The summed E-state index contributed by atoms with van der Waals surface area (Å²) < 4.78 is 13.5. The van der Waals surface area contributed by atoms with Gasteiger partial charge in [0.05, 0.1) is 23.2 Å². The summed E-state index contributed by atoms with van der Waals surface area (Å²) in [5.74, 6) is -0.831. The fourth-order valence-electron chi connectivity index (χ4n) is 2.18. The van der Waals surface area contributed by atoms with Gasteiger partial charge in [-0.05, 0) is 31.0 Å². The molecule has 3 N–H and O–H groups in total. The largest absolute Gasteiger partial charge is 0.392 e. The molecule has 2 rings (SSSR count). The van der Waals surface area contributed by atoms with Crippen LogP contribution < -0.4 is 10.6 Å². The van der Waals surface area contributed by atoms with Crippen LogP contribution in [0, 0.1) is 5.82 Å². The summed E-state index contributed by atoms with van der Waals surface area (Å²) in [6, 6.07) is 1.63. The topological polar surface area (TPSA) is 61.4 Å². The van der Waals surface area contributed by atoms with Crippen molar-refractivity contribution in [3.63, 3.8) is 0 Å². The van der Waals surface area contributed by atoms with Gasteiger partial charge >= 0.3 is 0 Å². The highest BCUT2D eigenvalue weighted by Gasteiger charge is 2.29. The first-order chi connectivity index (χ1) is 9.38. The fourth-order valence-corrected chi connectivity index (χ4v) is 2.73. The van der Waals surface area contributed by atoms with Crippen molar-refractivity contribution >= 4 is 29.1 Å². The predicted octanol–water partition coefficient (Wildman–Crippen LogP) is 2.03. The molecule has 0 spiro atoms. The van der Waals surface area contributed by atoms with Crippen LogP contribution in [0.2, 0.25) is 10.0 Å². The molecule has 1 aliphatic heterocycles. The molecule has 0 aromatic heterocycles. The van der Waals surface area contributed by atoms with E-state index in [1.807, 2.05) is 0 Å². The second-order valence-electron chi connectivity index (χ2n) is 4.87. The Hall–Kier alpha value is -0.880. The number of carbonyl (C=O) groups is 1. The second-order valence-corrected chi connectivity index (χ2v) is 5.68. The Bertz CT molecular complexity index is 527. The van der Waals surface area contributed by atoms with E-state index in [0.29, 0.717) is 23.6 Å². The number of carbonyl (C=O) groups excluding carboxylic acids is 1. The van der Waals surface area contributed by atoms with Crippen LogP contribution in [-0.2, 0) is 4.79 Å². The van der Waals surface area contributed by atoms with Gasteiger partial charge < -0.3 is 15.7 Å². The van der Waals surface area contributed by atoms with Crippen molar-refractivity contribution in [3.05, 3.63) is 33.6 Å². The molecule has 1 aliphatic rings. The minimum atomic E-state index is -0.582. The molecule has 1 saturated heterocycles. The Morgan fingerprint density at radius 1 is 1.50 bits per heavy atom. The molecule has 1 amide bonds. The Balaban J connectivity index is 2.06. The van der Waals surface area contributed by atoms with Gasteiger partial charge in [-0.1, -0.05) is 23.2 Å². The van der Waals surface area contributed by atoms with Crippen LogP contribution in [-0.4, -0.2) is 29.7 Å². The predicted molar refractivity (Wildman–Crippen MR) is 75.4 cm³/mol. The zero-order chi connectivity index (χ0) is 14.9. The van der Waals surface area contributed by atoms with Gasteiger partial charge in [0.2, 0.25) is 5.91 Å². The van der Waals surface area contributed by atoms with Gasteiger partial charge in [-0.25, -0.2) is 4.39 Å². The minimum absolute atomic E-state index is 0.0575. The molecule has 1 fully saturated rings. The summed E-state index contributed by atoms with van der Waals surface area (Å²) in [5.41, 5.74) is 0.459. The first-order valence-electron chi connectivity index (χ1n) is 6.24. The molecular weight excluding hydrogens is 306 g/mol. The quantitative estimate of drug-likeness (QED) is 0.747. The monoisotopic (exact) mass is 320 g/mol. The van der Waals surface area contributed by atoms with Crippen LogP contribution in [0.3, 0.4) is 0 Å². The molecule has 3 unspecified atom stereocenters. The van der Waals surface area contributed by atoms with Gasteiger partial charge in [0.25, 0.3) is 0 Å². The van der Waals surface area contributed by atoms with E-state index in [0.717, 1.165) is 0 Å². The Morgan fingerprint density at radius 2 is 2.20 bits per heavy atom. The van der Waals surface area contributed by atoms with Gasteiger partial charge in [-0.3, -0.25) is 4.79 Å². The lowest BCUT2D eigenvalue weighted by Crippen LogP contribution is -2.41. The summed E-state index contributed by atoms with van der Waals surface area (Å²) in [5, 5.41) is 15.3. The first kappa shape index (κ1) is 15.5. The smallest absolute Gasteiger partial charge is 0.237 e. The van der Waals surface area contributed by atoms with Gasteiger partial charge in [0, 0.05) is 11.6 Å². The molecule has 4 nitrogen and oxygen atoms in total. The Morgan fingerprint density at radius 3 is 2.80 bits per heavy atom. The third kappa shape index (κ3) is 3.41. The third-order valence-electron chi connectivity index (χ3n) is 3.29. The molecule has 1 aromatic rings. The van der Waals surface area contributed by atoms with Crippen molar-refractivity contribution in [3.8, 4) is 0 Å². The van der Waals surface area contributed by atoms with Gasteiger partial charge in [0.1, 0.15) is 5.82 Å². The molecule has 0 aliphatic carbocycles. The molecule has 0 bridgehead atoms. The number of β-amino-alcohol motifs (C(OH)–C–C–N with tert-alkyl or cyclic N) is 1. The van der Waals surface area contributed by atoms with E-state index >= 15 is 0 Å². The van der Waals surface area contributed by atoms with E-state index in [9.17, 15) is 14.3 Å². The summed E-state index contributed by atoms with van der Waals surface area (Å²) >= 11 is 11.6. The van der Waals surface area contributed by atoms with Crippen LogP contribution in [0.5, 0.6) is 0 Å². The average Bonchev–Trinajstić information content (AvgIpc) is 2.80. The van der Waals surface area contributed by atoms with Crippen molar-refractivity contribution < 1.29 is 14.3 Å². The number of hydrogen-bond donors (Lipinski definition) is 3. The second kappa shape index (κ2) is 6.26. The number of amides is 1. The lowest BCUT2D eigenvalue weighted by atomic mass is 10.1. The maximum absolute atomic E-state index is 13.5. The van der Waals surface area contributed by atoms with Gasteiger partial charge in [-0.2, -0.15) is 0 Å². The van der Waals surface area contributed by atoms with Crippen molar-refractivity contribution in [2.45, 2.75) is 31.5 Å². The lowest BCUT2D eigenvalue weighted by Gasteiger charge is -2.19. The number of hydrogen-bond acceptors (Lipinski definition) is 3. The molecule has 1 heterocycles. The number of rotatable bonds is 3. The highest BCUT2D eigenvalue weighted by molar-refractivity contribution is 6.35. The highest BCUT2D eigenvalue weighted by atomic mass is 35.5. The minimum Gasteiger partial charge on any atom is -0.392 e. The molecule has 1 aromatic carbocycles. The van der Waals surface area contributed by atoms with E-state index in [2.05, 4.69) is 10.6 Å². The van der Waals surface area contributed by atoms with E-state index in [4.69, 9.17) is 23.2 Å². The first-order valence-corrected chi connectivity index (χ1v) is 7.00. The molecule has 20 heavy (non-hydrogen) atoms. The van der Waals surface area contributed by atoms with Gasteiger partial charge in [-0.15, -0.1) is 0 Å². The third-order valence-corrected chi connectivity index (χ3v) is 3.91. The molecular formula is C13H15Cl2FN2O2. The number of benzene rings is 1. The number of halogens is 3. The van der Waals surface area contributed by atoms with E-state index < -0.39 is 24.0 Å². The molecule has 110 valence electrons. The maximum atomic E-state index is 13.5.